The fourth-order valence-corrected chi connectivity index (χ4v) is 4.66. The van der Waals surface area contributed by atoms with Gasteiger partial charge in [-0.15, -0.1) is 0 Å². The molecule has 3 aromatic rings. The number of ketones is 1. The first kappa shape index (κ1) is 22.8. The first-order chi connectivity index (χ1) is 16.0. The van der Waals surface area contributed by atoms with E-state index < -0.39 is 0 Å². The van der Waals surface area contributed by atoms with E-state index >= 15 is 0 Å². The molecular weight excluding hydrogens is 412 g/mol. The molecule has 6 nitrogen and oxygen atoms in total. The summed E-state index contributed by atoms with van der Waals surface area (Å²) >= 11 is 0. The molecule has 1 amide bonds. The van der Waals surface area contributed by atoms with E-state index in [1.165, 1.54) is 12.5 Å². The minimum atomic E-state index is -0.218. The number of anilines is 2. The minimum absolute atomic E-state index is 0.0205. The van der Waals surface area contributed by atoms with Gasteiger partial charge in [0, 0.05) is 55.4 Å². The van der Waals surface area contributed by atoms with Gasteiger partial charge in [0.1, 0.15) is 5.69 Å². The fourth-order valence-electron chi connectivity index (χ4n) is 4.66. The summed E-state index contributed by atoms with van der Waals surface area (Å²) in [7, 11) is 0. The van der Waals surface area contributed by atoms with Crippen LogP contribution in [0.15, 0.2) is 54.6 Å². The number of aromatic amines is 1. The Bertz CT molecular complexity index is 1110. The number of hydrogen-bond donors (Lipinski definition) is 2. The van der Waals surface area contributed by atoms with Crippen molar-refractivity contribution in [1.82, 2.24) is 9.88 Å². The molecule has 0 spiro atoms. The summed E-state index contributed by atoms with van der Waals surface area (Å²) in [5, 5.41) is 2.97. The highest BCUT2D eigenvalue weighted by Gasteiger charge is 2.22. The molecule has 0 atom stereocenters. The predicted octanol–water partition coefficient (Wildman–Crippen LogP) is 4.66. The van der Waals surface area contributed by atoms with Crippen molar-refractivity contribution >= 4 is 23.1 Å². The minimum Gasteiger partial charge on any atom is -0.369 e. The Labute approximate surface area is 195 Å². The topological polar surface area (TPSA) is 68.4 Å². The molecule has 0 unspecified atom stereocenters. The first-order valence-corrected chi connectivity index (χ1v) is 11.6. The zero-order valence-electron chi connectivity index (χ0n) is 19.6. The highest BCUT2D eigenvalue weighted by Crippen LogP contribution is 2.23. The number of rotatable bonds is 7. The molecule has 1 fully saturated rings. The van der Waals surface area contributed by atoms with Gasteiger partial charge in [-0.05, 0) is 55.7 Å². The molecule has 2 N–H and O–H groups in total. The van der Waals surface area contributed by atoms with Crippen LogP contribution in [0.3, 0.4) is 0 Å². The van der Waals surface area contributed by atoms with Gasteiger partial charge in [-0.1, -0.05) is 37.3 Å². The van der Waals surface area contributed by atoms with Gasteiger partial charge < -0.3 is 15.2 Å². The van der Waals surface area contributed by atoms with E-state index in [4.69, 9.17) is 0 Å². The smallest absolute Gasteiger partial charge is 0.272 e. The summed E-state index contributed by atoms with van der Waals surface area (Å²) in [6.07, 6.45) is 0.622. The van der Waals surface area contributed by atoms with E-state index in [9.17, 15) is 9.59 Å². The van der Waals surface area contributed by atoms with Gasteiger partial charge in [0.05, 0.1) is 0 Å². The maximum Gasteiger partial charge on any atom is 0.272 e. The number of hydrogen-bond acceptors (Lipinski definition) is 4. The Morgan fingerprint density at radius 1 is 0.970 bits per heavy atom. The zero-order chi connectivity index (χ0) is 23.4. The first-order valence-electron chi connectivity index (χ1n) is 11.6. The number of carbonyl (C=O) groups excluding carboxylic acids is 2. The number of piperazine rings is 1. The Hall–Kier alpha value is -3.38. The number of H-pyrrole nitrogens is 1. The summed E-state index contributed by atoms with van der Waals surface area (Å²) in [4.78, 5) is 32.8. The van der Waals surface area contributed by atoms with Crippen molar-refractivity contribution in [3.8, 4) is 0 Å². The zero-order valence-corrected chi connectivity index (χ0v) is 19.6. The van der Waals surface area contributed by atoms with Crippen LogP contribution in [0.5, 0.6) is 0 Å². The van der Waals surface area contributed by atoms with Crippen LogP contribution in [0.25, 0.3) is 0 Å². The lowest BCUT2D eigenvalue weighted by molar-refractivity contribution is 0.101. The summed E-state index contributed by atoms with van der Waals surface area (Å²) in [5.41, 5.74) is 5.88. The molecule has 0 saturated carbocycles. The molecule has 1 aromatic heterocycles. The van der Waals surface area contributed by atoms with Crippen LogP contribution >= 0.6 is 0 Å². The fraction of sp³-hybridized carbons (Fsp3) is 0.333. The standard InChI is InChI=1S/C27H32N4O2/c1-4-24-25(20(3)32)19(2)28-26(24)27(33)29-22-10-12-23(13-11-22)31-16-14-30(15-17-31)18-21-8-6-5-7-9-21/h5-13,28H,4,14-18H2,1-3H3,(H,29,33). The molecule has 2 aromatic carbocycles. The largest absolute Gasteiger partial charge is 0.369 e. The van der Waals surface area contributed by atoms with Crippen molar-refractivity contribution in [3.05, 3.63) is 82.7 Å². The lowest BCUT2D eigenvalue weighted by atomic mass is 10.0. The van der Waals surface area contributed by atoms with Crippen molar-refractivity contribution in [1.29, 1.82) is 0 Å². The maximum absolute atomic E-state index is 12.9. The summed E-state index contributed by atoms with van der Waals surface area (Å²) in [6, 6.07) is 18.6. The van der Waals surface area contributed by atoms with Gasteiger partial charge >= 0.3 is 0 Å². The predicted molar refractivity (Wildman–Crippen MR) is 133 cm³/mol. The third-order valence-electron chi connectivity index (χ3n) is 6.34. The van der Waals surface area contributed by atoms with Crippen molar-refractivity contribution in [2.45, 2.75) is 33.7 Å². The number of benzene rings is 2. The summed E-state index contributed by atoms with van der Waals surface area (Å²) in [6.45, 7) is 10.3. The van der Waals surface area contributed by atoms with Crippen LogP contribution in [-0.4, -0.2) is 47.8 Å². The second-order valence-corrected chi connectivity index (χ2v) is 8.64. The third kappa shape index (κ3) is 5.17. The third-order valence-corrected chi connectivity index (χ3v) is 6.34. The average molecular weight is 445 g/mol. The average Bonchev–Trinajstić information content (AvgIpc) is 3.17. The van der Waals surface area contributed by atoms with Crippen LogP contribution in [-0.2, 0) is 13.0 Å². The van der Waals surface area contributed by atoms with E-state index in [0.29, 0.717) is 17.7 Å². The van der Waals surface area contributed by atoms with E-state index in [2.05, 4.69) is 62.6 Å². The molecule has 1 aliphatic rings. The molecule has 172 valence electrons. The molecule has 0 aliphatic carbocycles. The van der Waals surface area contributed by atoms with Crippen LogP contribution < -0.4 is 10.2 Å². The van der Waals surface area contributed by atoms with E-state index in [-0.39, 0.29) is 11.7 Å². The number of carbonyl (C=O) groups is 2. The summed E-state index contributed by atoms with van der Waals surface area (Å²) < 4.78 is 0. The Morgan fingerprint density at radius 3 is 2.24 bits per heavy atom. The normalized spacial score (nSPS) is 14.3. The number of Topliss-reactive ketones (excluding diaryl/α,β-unsaturated/α-hetero) is 1. The van der Waals surface area contributed by atoms with E-state index in [1.54, 1.807) is 0 Å². The van der Waals surface area contributed by atoms with Crippen molar-refractivity contribution in [3.63, 3.8) is 0 Å². The molecule has 1 saturated heterocycles. The molecule has 33 heavy (non-hydrogen) atoms. The lowest BCUT2D eigenvalue weighted by Crippen LogP contribution is -2.45. The van der Waals surface area contributed by atoms with Crippen LogP contribution in [0.4, 0.5) is 11.4 Å². The van der Waals surface area contributed by atoms with E-state index in [0.717, 1.165) is 55.4 Å². The lowest BCUT2D eigenvalue weighted by Gasteiger charge is -2.36. The molecule has 2 heterocycles. The Morgan fingerprint density at radius 2 is 1.64 bits per heavy atom. The molecule has 0 bridgehead atoms. The Balaban J connectivity index is 1.36. The highest BCUT2D eigenvalue weighted by molar-refractivity contribution is 6.07. The van der Waals surface area contributed by atoms with Gasteiger partial charge in [0.15, 0.2) is 5.78 Å². The summed E-state index contributed by atoms with van der Waals surface area (Å²) in [5.74, 6) is -0.238. The number of nitrogens with zero attached hydrogens (tertiary/aromatic N) is 2. The number of aryl methyl sites for hydroxylation is 1. The Kier molecular flexibility index (Phi) is 6.94. The number of aromatic nitrogens is 1. The molecule has 4 rings (SSSR count). The van der Waals surface area contributed by atoms with Crippen molar-refractivity contribution in [2.24, 2.45) is 0 Å². The van der Waals surface area contributed by atoms with Gasteiger partial charge in [0.2, 0.25) is 0 Å². The van der Waals surface area contributed by atoms with Gasteiger partial charge in [-0.2, -0.15) is 0 Å². The highest BCUT2D eigenvalue weighted by atomic mass is 16.2. The molecule has 1 aliphatic heterocycles. The van der Waals surface area contributed by atoms with Gasteiger partial charge in [0.25, 0.3) is 5.91 Å². The molecule has 6 heteroatoms. The second kappa shape index (κ2) is 10.0. The van der Waals surface area contributed by atoms with Crippen molar-refractivity contribution in [2.75, 3.05) is 36.4 Å². The molecule has 0 radical (unpaired) electrons. The molecular formula is C27H32N4O2. The van der Waals surface area contributed by atoms with Crippen LogP contribution in [0.2, 0.25) is 0 Å². The number of amides is 1. The maximum atomic E-state index is 12.9. The van der Waals surface area contributed by atoms with Crippen molar-refractivity contribution < 1.29 is 9.59 Å². The van der Waals surface area contributed by atoms with Gasteiger partial charge in [-0.25, -0.2) is 0 Å². The van der Waals surface area contributed by atoms with Crippen LogP contribution in [0, 0.1) is 6.92 Å². The monoisotopic (exact) mass is 444 g/mol. The number of nitrogens with one attached hydrogen (secondary N) is 2. The van der Waals surface area contributed by atoms with Crippen LogP contribution in [0.1, 0.15) is 51.5 Å². The SMILES string of the molecule is CCc1c(C(=O)Nc2ccc(N3CCN(Cc4ccccc4)CC3)cc2)[nH]c(C)c1C(C)=O. The quantitative estimate of drug-likeness (QED) is 0.520. The van der Waals surface area contributed by atoms with Gasteiger partial charge in [-0.3, -0.25) is 14.5 Å². The van der Waals surface area contributed by atoms with E-state index in [1.807, 2.05) is 26.0 Å². The second-order valence-electron chi connectivity index (χ2n) is 8.64.